The van der Waals surface area contributed by atoms with E-state index in [9.17, 15) is 20.4 Å². The van der Waals surface area contributed by atoms with E-state index in [0.717, 1.165) is 11.4 Å². The van der Waals surface area contributed by atoms with Crippen LogP contribution in [0.4, 0.5) is 11.4 Å². The lowest BCUT2D eigenvalue weighted by atomic mass is 10.2. The lowest BCUT2D eigenvalue weighted by Crippen LogP contribution is -2.38. The number of nitrogens with zero attached hydrogens (tertiary/aromatic N) is 2. The molecule has 0 spiro atoms. The first-order chi connectivity index (χ1) is 11.2. The summed E-state index contributed by atoms with van der Waals surface area (Å²) in [4.78, 5) is 3.86. The van der Waals surface area contributed by atoms with Crippen LogP contribution >= 0.6 is 0 Å². The zero-order chi connectivity index (χ0) is 18.3. The molecule has 4 N–H and O–H groups in total. The molecule has 0 fully saturated rings. The maximum absolute atomic E-state index is 9.71. The number of aliphatic hydroxyl groups excluding tert-OH is 4. The van der Waals surface area contributed by atoms with E-state index in [2.05, 4.69) is 0 Å². The molecule has 4 atom stereocenters. The first-order valence-corrected chi connectivity index (χ1v) is 8.51. The zero-order valence-corrected chi connectivity index (χ0v) is 15.1. The number of benzene rings is 1. The quantitative estimate of drug-likeness (QED) is 0.504. The third-order valence-electron chi connectivity index (χ3n) is 3.50. The summed E-state index contributed by atoms with van der Waals surface area (Å²) in [7, 11) is 0. The van der Waals surface area contributed by atoms with Crippen molar-refractivity contribution in [2.75, 3.05) is 36.0 Å². The Kier molecular flexibility index (Phi) is 8.48. The van der Waals surface area contributed by atoms with Crippen molar-refractivity contribution in [1.82, 2.24) is 0 Å². The Hall–Kier alpha value is -1.34. The lowest BCUT2D eigenvalue weighted by molar-refractivity contribution is 0.178. The minimum Gasteiger partial charge on any atom is -0.392 e. The minimum atomic E-state index is -0.515. The van der Waals surface area contributed by atoms with Gasteiger partial charge in [-0.15, -0.1) is 0 Å². The van der Waals surface area contributed by atoms with Gasteiger partial charge in [0.15, 0.2) is 0 Å². The molecule has 6 heteroatoms. The Morgan fingerprint density at radius 2 is 0.958 bits per heavy atom. The molecule has 0 aliphatic heterocycles. The number of anilines is 2. The van der Waals surface area contributed by atoms with Crippen molar-refractivity contribution >= 4 is 11.4 Å². The van der Waals surface area contributed by atoms with Crippen molar-refractivity contribution in [3.05, 3.63) is 24.3 Å². The molecule has 0 aliphatic carbocycles. The van der Waals surface area contributed by atoms with Crippen molar-refractivity contribution in [2.45, 2.75) is 52.1 Å². The van der Waals surface area contributed by atoms with Crippen LogP contribution in [-0.4, -0.2) is 71.0 Å². The van der Waals surface area contributed by atoms with E-state index < -0.39 is 24.4 Å². The summed E-state index contributed by atoms with van der Waals surface area (Å²) >= 11 is 0. The Balaban J connectivity index is 3.06. The average molecular weight is 340 g/mol. The topological polar surface area (TPSA) is 87.4 Å². The van der Waals surface area contributed by atoms with Gasteiger partial charge in [-0.2, -0.15) is 0 Å². The summed E-state index contributed by atoms with van der Waals surface area (Å²) in [6, 6.07) is 7.71. The lowest BCUT2D eigenvalue weighted by Gasteiger charge is -2.31. The Morgan fingerprint density at radius 3 is 1.21 bits per heavy atom. The summed E-state index contributed by atoms with van der Waals surface area (Å²) in [6.45, 7) is 8.53. The smallest absolute Gasteiger partial charge is 0.0687 e. The summed E-state index contributed by atoms with van der Waals surface area (Å²) in [5, 5.41) is 38.9. The molecule has 0 saturated heterocycles. The first-order valence-electron chi connectivity index (χ1n) is 8.51. The molecule has 0 bridgehead atoms. The van der Waals surface area contributed by atoms with Gasteiger partial charge >= 0.3 is 0 Å². The van der Waals surface area contributed by atoms with Gasteiger partial charge in [-0.05, 0) is 45.9 Å². The molecule has 0 aromatic heterocycles. The van der Waals surface area contributed by atoms with Crippen molar-refractivity contribution in [1.29, 1.82) is 0 Å². The largest absolute Gasteiger partial charge is 0.392 e. The zero-order valence-electron chi connectivity index (χ0n) is 15.1. The number of rotatable bonds is 10. The van der Waals surface area contributed by atoms with Crippen LogP contribution in [0, 0.1) is 0 Å². The highest BCUT2D eigenvalue weighted by molar-refractivity contribution is 5.59. The molecule has 24 heavy (non-hydrogen) atoms. The van der Waals surface area contributed by atoms with Gasteiger partial charge in [0.05, 0.1) is 24.4 Å². The van der Waals surface area contributed by atoms with Crippen molar-refractivity contribution in [2.24, 2.45) is 0 Å². The van der Waals surface area contributed by atoms with Crippen LogP contribution in [0.1, 0.15) is 27.7 Å². The predicted octanol–water partition coefficient (Wildman–Crippen LogP) is 0.823. The Labute approximate surface area is 145 Å². The van der Waals surface area contributed by atoms with E-state index in [0.29, 0.717) is 26.2 Å². The Bertz CT molecular complexity index is 419. The summed E-state index contributed by atoms with van der Waals surface area (Å²) < 4.78 is 0. The average Bonchev–Trinajstić information content (AvgIpc) is 2.44. The number of aliphatic hydroxyl groups is 4. The molecule has 0 aliphatic rings. The molecule has 1 aromatic carbocycles. The highest BCUT2D eigenvalue weighted by Gasteiger charge is 2.16. The van der Waals surface area contributed by atoms with Gasteiger partial charge in [-0.3, -0.25) is 0 Å². The van der Waals surface area contributed by atoms with Crippen LogP contribution < -0.4 is 9.80 Å². The second kappa shape index (κ2) is 9.84. The summed E-state index contributed by atoms with van der Waals surface area (Å²) in [5.41, 5.74) is 1.77. The fourth-order valence-corrected chi connectivity index (χ4v) is 2.73. The molecule has 1 aromatic rings. The molecular formula is C18H32N2O4. The predicted molar refractivity (Wildman–Crippen MR) is 97.6 cm³/mol. The van der Waals surface area contributed by atoms with E-state index in [4.69, 9.17) is 0 Å². The second-order valence-electron chi connectivity index (χ2n) is 6.73. The molecule has 0 amide bonds. The van der Waals surface area contributed by atoms with Gasteiger partial charge in [-0.1, -0.05) is 6.07 Å². The summed E-state index contributed by atoms with van der Waals surface area (Å²) in [6.07, 6.45) is -2.06. The minimum absolute atomic E-state index is 0.418. The first kappa shape index (κ1) is 20.7. The molecule has 0 radical (unpaired) electrons. The van der Waals surface area contributed by atoms with Gasteiger partial charge in [-0.25, -0.2) is 0 Å². The molecule has 0 heterocycles. The highest BCUT2D eigenvalue weighted by Crippen LogP contribution is 2.24. The van der Waals surface area contributed by atoms with E-state index in [1.54, 1.807) is 27.7 Å². The summed E-state index contributed by atoms with van der Waals surface area (Å²) in [5.74, 6) is 0. The van der Waals surface area contributed by atoms with Crippen LogP contribution in [0.25, 0.3) is 0 Å². The Morgan fingerprint density at radius 1 is 0.667 bits per heavy atom. The van der Waals surface area contributed by atoms with Crippen LogP contribution in [0.15, 0.2) is 24.3 Å². The molecule has 4 unspecified atom stereocenters. The fraction of sp³-hybridized carbons (Fsp3) is 0.667. The second-order valence-corrected chi connectivity index (χ2v) is 6.73. The van der Waals surface area contributed by atoms with Gasteiger partial charge < -0.3 is 30.2 Å². The third-order valence-corrected chi connectivity index (χ3v) is 3.50. The number of hydrogen-bond donors (Lipinski definition) is 4. The van der Waals surface area contributed by atoms with Crippen LogP contribution in [0.2, 0.25) is 0 Å². The molecule has 6 nitrogen and oxygen atoms in total. The SMILES string of the molecule is CC(O)CN(CC(C)O)c1cccc(N(CC(C)O)CC(C)O)c1. The van der Waals surface area contributed by atoms with Crippen molar-refractivity contribution in [3.8, 4) is 0 Å². The maximum Gasteiger partial charge on any atom is 0.0687 e. The van der Waals surface area contributed by atoms with Crippen molar-refractivity contribution in [3.63, 3.8) is 0 Å². The third kappa shape index (κ3) is 7.49. The van der Waals surface area contributed by atoms with E-state index in [1.807, 2.05) is 34.1 Å². The van der Waals surface area contributed by atoms with Crippen LogP contribution in [0.5, 0.6) is 0 Å². The van der Waals surface area contributed by atoms with Gasteiger partial charge in [0.2, 0.25) is 0 Å². The van der Waals surface area contributed by atoms with E-state index in [-0.39, 0.29) is 0 Å². The maximum atomic E-state index is 9.71. The van der Waals surface area contributed by atoms with Gasteiger partial charge in [0.25, 0.3) is 0 Å². The van der Waals surface area contributed by atoms with Gasteiger partial charge in [0, 0.05) is 37.6 Å². The standard InChI is InChI=1S/C18H32N2O4/c1-13(21)9-19(10-14(2)22)17-6-5-7-18(8-17)20(11-15(3)23)12-16(4)24/h5-8,13-16,21-24H,9-12H2,1-4H3. The van der Waals surface area contributed by atoms with E-state index >= 15 is 0 Å². The molecule has 0 saturated carbocycles. The number of hydrogen-bond acceptors (Lipinski definition) is 6. The monoisotopic (exact) mass is 340 g/mol. The van der Waals surface area contributed by atoms with Gasteiger partial charge in [0.1, 0.15) is 0 Å². The normalized spacial score (nSPS) is 16.3. The fourth-order valence-electron chi connectivity index (χ4n) is 2.73. The van der Waals surface area contributed by atoms with Crippen LogP contribution in [0.3, 0.4) is 0 Å². The molecule has 1 rings (SSSR count). The molecular weight excluding hydrogens is 308 g/mol. The molecule has 138 valence electrons. The van der Waals surface area contributed by atoms with Crippen molar-refractivity contribution < 1.29 is 20.4 Å². The highest BCUT2D eigenvalue weighted by atomic mass is 16.3. The van der Waals surface area contributed by atoms with E-state index in [1.165, 1.54) is 0 Å². The van der Waals surface area contributed by atoms with Crippen LogP contribution in [-0.2, 0) is 0 Å².